The molecule has 3 rings (SSSR count). The van der Waals surface area contributed by atoms with Crippen LogP contribution in [0.3, 0.4) is 0 Å². The van der Waals surface area contributed by atoms with Gasteiger partial charge in [-0.3, -0.25) is 4.98 Å². The molecular formula is C16H15NOS. The summed E-state index contributed by atoms with van der Waals surface area (Å²) in [5.74, 6) is 0. The molecule has 0 aliphatic rings. The highest BCUT2D eigenvalue weighted by molar-refractivity contribution is 7.17. The molecule has 1 N–H and O–H groups in total. The number of thiophene rings is 1. The van der Waals surface area contributed by atoms with Gasteiger partial charge in [-0.05, 0) is 35.1 Å². The van der Waals surface area contributed by atoms with E-state index >= 15 is 0 Å². The molecule has 0 aliphatic carbocycles. The van der Waals surface area contributed by atoms with Crippen LogP contribution in [-0.2, 0) is 6.42 Å². The van der Waals surface area contributed by atoms with Crippen LogP contribution in [-0.4, -0.2) is 10.1 Å². The first-order chi connectivity index (χ1) is 9.28. The van der Waals surface area contributed by atoms with E-state index in [2.05, 4.69) is 24.0 Å². The molecule has 1 atom stereocenters. The second-order valence-corrected chi connectivity index (χ2v) is 5.52. The Morgan fingerprint density at radius 2 is 2.11 bits per heavy atom. The Balaban J connectivity index is 1.99. The van der Waals surface area contributed by atoms with Gasteiger partial charge in [-0.25, -0.2) is 0 Å². The number of aliphatic hydroxyl groups is 1. The van der Waals surface area contributed by atoms with E-state index in [1.54, 1.807) is 17.5 Å². The second-order valence-electron chi connectivity index (χ2n) is 4.57. The lowest BCUT2D eigenvalue weighted by atomic mass is 10.0. The van der Waals surface area contributed by atoms with Gasteiger partial charge < -0.3 is 5.11 Å². The third-order valence-electron chi connectivity index (χ3n) is 3.31. The number of pyridine rings is 1. The third-order valence-corrected chi connectivity index (χ3v) is 4.17. The summed E-state index contributed by atoms with van der Waals surface area (Å²) in [5.41, 5.74) is 4.00. The maximum absolute atomic E-state index is 10.5. The molecule has 0 aliphatic heterocycles. The van der Waals surface area contributed by atoms with Gasteiger partial charge in [-0.2, -0.15) is 0 Å². The van der Waals surface area contributed by atoms with Gasteiger partial charge in [0.05, 0.1) is 10.2 Å². The van der Waals surface area contributed by atoms with Gasteiger partial charge in [0, 0.05) is 11.8 Å². The fraction of sp³-hybridized carbons (Fsp3) is 0.188. The molecule has 0 fully saturated rings. The minimum absolute atomic E-state index is 0.606. The number of hydrogen-bond donors (Lipinski definition) is 1. The van der Waals surface area contributed by atoms with E-state index in [-0.39, 0.29) is 0 Å². The summed E-state index contributed by atoms with van der Waals surface area (Å²) < 4.78 is 1.11. The van der Waals surface area contributed by atoms with E-state index in [9.17, 15) is 5.11 Å². The number of hydrogen-bond acceptors (Lipinski definition) is 3. The van der Waals surface area contributed by atoms with E-state index in [1.165, 1.54) is 5.56 Å². The molecular weight excluding hydrogens is 254 g/mol. The number of rotatable bonds is 3. The molecule has 0 saturated carbocycles. The SMILES string of the molecule is CCc1cccc(C(O)c2cnc3ccsc3c2)c1. The lowest BCUT2D eigenvalue weighted by molar-refractivity contribution is 0.220. The summed E-state index contributed by atoms with van der Waals surface area (Å²) in [7, 11) is 0. The van der Waals surface area contributed by atoms with Crippen LogP contribution < -0.4 is 0 Å². The van der Waals surface area contributed by atoms with Crippen LogP contribution in [0.25, 0.3) is 10.2 Å². The van der Waals surface area contributed by atoms with Crippen LogP contribution in [0.4, 0.5) is 0 Å². The van der Waals surface area contributed by atoms with Crippen LogP contribution in [0.2, 0.25) is 0 Å². The van der Waals surface area contributed by atoms with E-state index in [4.69, 9.17) is 0 Å². The standard InChI is InChI=1S/C16H15NOS/c1-2-11-4-3-5-12(8-11)16(18)13-9-15-14(17-10-13)6-7-19-15/h3-10,16,18H,2H2,1H3. The van der Waals surface area contributed by atoms with Gasteiger partial charge in [0.2, 0.25) is 0 Å². The van der Waals surface area contributed by atoms with E-state index in [0.29, 0.717) is 0 Å². The molecule has 2 heterocycles. The predicted octanol–water partition coefficient (Wildman–Crippen LogP) is 3.94. The molecule has 0 radical (unpaired) electrons. The highest BCUT2D eigenvalue weighted by Crippen LogP contribution is 2.27. The summed E-state index contributed by atoms with van der Waals surface area (Å²) >= 11 is 1.65. The van der Waals surface area contributed by atoms with E-state index in [1.807, 2.05) is 29.6 Å². The van der Waals surface area contributed by atoms with Gasteiger partial charge in [-0.1, -0.05) is 31.2 Å². The molecule has 0 saturated heterocycles. The summed E-state index contributed by atoms with van der Waals surface area (Å²) in [6.45, 7) is 2.12. The zero-order valence-electron chi connectivity index (χ0n) is 10.7. The van der Waals surface area contributed by atoms with Crippen molar-refractivity contribution in [2.45, 2.75) is 19.4 Å². The van der Waals surface area contributed by atoms with Crippen LogP contribution in [0.1, 0.15) is 29.7 Å². The molecule has 0 bridgehead atoms. The molecule has 1 aromatic carbocycles. The first-order valence-electron chi connectivity index (χ1n) is 6.38. The molecule has 19 heavy (non-hydrogen) atoms. The number of nitrogens with zero attached hydrogens (tertiary/aromatic N) is 1. The maximum Gasteiger partial charge on any atom is 0.106 e. The Labute approximate surface area is 116 Å². The van der Waals surface area contributed by atoms with E-state index < -0.39 is 6.10 Å². The zero-order valence-corrected chi connectivity index (χ0v) is 11.5. The summed E-state index contributed by atoms with van der Waals surface area (Å²) in [6, 6.07) is 12.1. The fourth-order valence-electron chi connectivity index (χ4n) is 2.19. The van der Waals surface area contributed by atoms with Crippen LogP contribution >= 0.6 is 11.3 Å². The van der Waals surface area contributed by atoms with Crippen molar-refractivity contribution in [1.82, 2.24) is 4.98 Å². The smallest absolute Gasteiger partial charge is 0.106 e. The minimum Gasteiger partial charge on any atom is -0.384 e. The van der Waals surface area contributed by atoms with Crippen molar-refractivity contribution >= 4 is 21.6 Å². The highest BCUT2D eigenvalue weighted by Gasteiger charge is 2.12. The van der Waals surface area contributed by atoms with Crippen molar-refractivity contribution in [2.24, 2.45) is 0 Å². The summed E-state index contributed by atoms with van der Waals surface area (Å²) in [6.07, 6.45) is 2.13. The minimum atomic E-state index is -0.606. The Morgan fingerprint density at radius 1 is 1.21 bits per heavy atom. The van der Waals surface area contributed by atoms with Crippen molar-refractivity contribution in [3.8, 4) is 0 Å². The molecule has 1 unspecified atom stereocenters. The van der Waals surface area contributed by atoms with Crippen LogP contribution in [0.15, 0.2) is 48.0 Å². The molecule has 0 spiro atoms. The van der Waals surface area contributed by atoms with Crippen LogP contribution in [0.5, 0.6) is 0 Å². The molecule has 2 aromatic heterocycles. The highest BCUT2D eigenvalue weighted by atomic mass is 32.1. The van der Waals surface area contributed by atoms with Gasteiger partial charge in [0.1, 0.15) is 6.10 Å². The fourth-order valence-corrected chi connectivity index (χ4v) is 2.98. The maximum atomic E-state index is 10.5. The van der Waals surface area contributed by atoms with Crippen molar-refractivity contribution in [3.63, 3.8) is 0 Å². The molecule has 3 heteroatoms. The number of aromatic nitrogens is 1. The van der Waals surface area contributed by atoms with Gasteiger partial charge >= 0.3 is 0 Å². The lowest BCUT2D eigenvalue weighted by Crippen LogP contribution is -2.00. The lowest BCUT2D eigenvalue weighted by Gasteiger charge is -2.12. The predicted molar refractivity (Wildman–Crippen MR) is 79.5 cm³/mol. The summed E-state index contributed by atoms with van der Waals surface area (Å²) in [5, 5.41) is 12.5. The van der Waals surface area contributed by atoms with Gasteiger partial charge in [0.15, 0.2) is 0 Å². The number of benzene rings is 1. The average molecular weight is 269 g/mol. The van der Waals surface area contributed by atoms with Crippen LogP contribution in [0, 0.1) is 0 Å². The Morgan fingerprint density at radius 3 is 2.95 bits per heavy atom. The number of aryl methyl sites for hydroxylation is 1. The topological polar surface area (TPSA) is 33.1 Å². The summed E-state index contributed by atoms with van der Waals surface area (Å²) in [4.78, 5) is 4.38. The molecule has 0 amide bonds. The van der Waals surface area contributed by atoms with Gasteiger partial charge in [0.25, 0.3) is 0 Å². The number of aliphatic hydroxyl groups excluding tert-OH is 1. The Bertz CT molecular complexity index is 705. The molecule has 2 nitrogen and oxygen atoms in total. The van der Waals surface area contributed by atoms with Crippen molar-refractivity contribution in [1.29, 1.82) is 0 Å². The molecule has 96 valence electrons. The third kappa shape index (κ3) is 2.39. The molecule has 3 aromatic rings. The van der Waals surface area contributed by atoms with Crippen molar-refractivity contribution < 1.29 is 5.11 Å². The normalized spacial score (nSPS) is 12.7. The Hall–Kier alpha value is -1.71. The largest absolute Gasteiger partial charge is 0.384 e. The van der Waals surface area contributed by atoms with Crippen molar-refractivity contribution in [2.75, 3.05) is 0 Å². The Kier molecular flexibility index (Phi) is 3.32. The number of fused-ring (bicyclic) bond motifs is 1. The average Bonchev–Trinajstić information content (AvgIpc) is 2.94. The first-order valence-corrected chi connectivity index (χ1v) is 7.26. The second kappa shape index (κ2) is 5.11. The quantitative estimate of drug-likeness (QED) is 0.781. The zero-order chi connectivity index (χ0) is 13.2. The van der Waals surface area contributed by atoms with Crippen molar-refractivity contribution in [3.05, 3.63) is 64.7 Å². The van der Waals surface area contributed by atoms with E-state index in [0.717, 1.165) is 27.8 Å². The monoisotopic (exact) mass is 269 g/mol. The van der Waals surface area contributed by atoms with Gasteiger partial charge in [-0.15, -0.1) is 11.3 Å². The first kappa shape index (κ1) is 12.3.